The van der Waals surface area contributed by atoms with Crippen molar-refractivity contribution in [2.24, 2.45) is 5.41 Å². The number of methoxy groups -OCH3 is 1. The highest BCUT2D eigenvalue weighted by atomic mass is 16.5. The minimum Gasteiger partial charge on any atom is -0.494 e. The van der Waals surface area contributed by atoms with Crippen molar-refractivity contribution in [3.63, 3.8) is 0 Å². The molecule has 0 unspecified atom stereocenters. The van der Waals surface area contributed by atoms with Crippen LogP contribution in [0.5, 0.6) is 5.75 Å². The van der Waals surface area contributed by atoms with Crippen molar-refractivity contribution in [1.82, 2.24) is 10.2 Å². The van der Waals surface area contributed by atoms with Crippen LogP contribution in [-0.4, -0.2) is 61.0 Å². The van der Waals surface area contributed by atoms with Crippen LogP contribution in [0.2, 0.25) is 0 Å². The fourth-order valence-corrected chi connectivity index (χ4v) is 4.77. The maximum Gasteiger partial charge on any atom is 0.337 e. The molecule has 2 aromatic carbocycles. The van der Waals surface area contributed by atoms with Gasteiger partial charge in [0.25, 0.3) is 0 Å². The van der Waals surface area contributed by atoms with Gasteiger partial charge in [-0.25, -0.2) is 9.59 Å². The largest absolute Gasteiger partial charge is 0.494 e. The molecule has 0 aromatic heterocycles. The van der Waals surface area contributed by atoms with Gasteiger partial charge in [-0.1, -0.05) is 43.3 Å². The Balaban J connectivity index is 1.20. The number of nitrogens with one attached hydrogen (secondary N) is 1. The third-order valence-corrected chi connectivity index (χ3v) is 6.93. The molecular weight excluding hydrogens is 476 g/mol. The lowest BCUT2D eigenvalue weighted by atomic mass is 10.0. The van der Waals surface area contributed by atoms with E-state index in [1.165, 1.54) is 7.11 Å². The number of benzene rings is 2. The third-order valence-electron chi connectivity index (χ3n) is 6.93. The second kappa shape index (κ2) is 11.5. The van der Waals surface area contributed by atoms with Crippen LogP contribution in [0.4, 0.5) is 0 Å². The van der Waals surface area contributed by atoms with Crippen molar-refractivity contribution in [1.29, 1.82) is 0 Å². The Hall–Kier alpha value is -3.88. The number of esters is 2. The van der Waals surface area contributed by atoms with E-state index in [1.54, 1.807) is 29.2 Å². The maximum atomic E-state index is 13.0. The molecule has 3 atom stereocenters. The molecule has 37 heavy (non-hydrogen) atoms. The van der Waals surface area contributed by atoms with Crippen molar-refractivity contribution in [2.45, 2.75) is 51.3 Å². The minimum absolute atomic E-state index is 0.000306. The fraction of sp³-hybridized carbons (Fsp3) is 0.429. The summed E-state index contributed by atoms with van der Waals surface area (Å²) in [6.07, 6.45) is 2.03. The van der Waals surface area contributed by atoms with Gasteiger partial charge in [-0.2, -0.15) is 0 Å². The van der Waals surface area contributed by atoms with Gasteiger partial charge in [-0.05, 0) is 48.4 Å². The Bertz CT molecular complexity index is 1150. The van der Waals surface area contributed by atoms with Gasteiger partial charge in [0, 0.05) is 12.5 Å². The van der Waals surface area contributed by atoms with E-state index in [9.17, 15) is 19.2 Å². The summed E-state index contributed by atoms with van der Waals surface area (Å²) >= 11 is 0. The van der Waals surface area contributed by atoms with E-state index in [0.29, 0.717) is 24.2 Å². The molecule has 1 saturated heterocycles. The van der Waals surface area contributed by atoms with Crippen molar-refractivity contribution >= 4 is 23.8 Å². The molecule has 0 spiro atoms. The van der Waals surface area contributed by atoms with Crippen LogP contribution in [-0.2, 0) is 30.5 Å². The third kappa shape index (κ3) is 6.47. The zero-order valence-electron chi connectivity index (χ0n) is 21.1. The van der Waals surface area contributed by atoms with Crippen molar-refractivity contribution in [3.8, 4) is 5.75 Å². The van der Waals surface area contributed by atoms with Gasteiger partial charge in [-0.15, -0.1) is 0 Å². The molecule has 2 aromatic rings. The summed E-state index contributed by atoms with van der Waals surface area (Å²) in [6, 6.07) is 15.4. The molecule has 1 aliphatic carbocycles. The highest BCUT2D eigenvalue weighted by Gasteiger charge is 2.64. The molecule has 0 bridgehead atoms. The topological polar surface area (TPSA) is 111 Å². The van der Waals surface area contributed by atoms with Gasteiger partial charge in [0.1, 0.15) is 18.4 Å². The SMILES string of the molecule is COC(=O)c1cccc(OCCCC(=O)NCC(=O)N2[C@H]3C[C@@]3(C)C[C@H]2C(=O)OCc2ccccc2)c1. The number of amides is 2. The Morgan fingerprint density at radius 1 is 1.05 bits per heavy atom. The van der Waals surface area contributed by atoms with Crippen molar-refractivity contribution in [3.05, 3.63) is 65.7 Å². The number of rotatable bonds is 11. The smallest absolute Gasteiger partial charge is 0.337 e. The van der Waals surface area contributed by atoms with Gasteiger partial charge >= 0.3 is 11.9 Å². The van der Waals surface area contributed by atoms with Gasteiger partial charge in [0.15, 0.2) is 0 Å². The summed E-state index contributed by atoms with van der Waals surface area (Å²) < 4.78 is 15.8. The van der Waals surface area contributed by atoms with Gasteiger partial charge in [-0.3, -0.25) is 9.59 Å². The molecule has 1 heterocycles. The molecule has 2 amide bonds. The zero-order valence-corrected chi connectivity index (χ0v) is 21.1. The number of piperidine rings is 1. The van der Waals surface area contributed by atoms with E-state index in [1.807, 2.05) is 30.3 Å². The Morgan fingerprint density at radius 3 is 2.59 bits per heavy atom. The number of hydrogen-bond donors (Lipinski definition) is 1. The van der Waals surface area contributed by atoms with E-state index < -0.39 is 18.0 Å². The highest BCUT2D eigenvalue weighted by molar-refractivity contribution is 5.90. The molecular formula is C28H32N2O7. The predicted molar refractivity (Wildman–Crippen MR) is 134 cm³/mol. The fourth-order valence-electron chi connectivity index (χ4n) is 4.77. The second-order valence-corrected chi connectivity index (χ2v) is 9.74. The number of likely N-dealkylation sites (tertiary alicyclic amines) is 1. The maximum absolute atomic E-state index is 13.0. The van der Waals surface area contributed by atoms with Crippen molar-refractivity contribution in [2.75, 3.05) is 20.3 Å². The summed E-state index contributed by atoms with van der Waals surface area (Å²) in [6.45, 7) is 2.33. The molecule has 1 aliphatic heterocycles. The molecule has 0 radical (unpaired) electrons. The second-order valence-electron chi connectivity index (χ2n) is 9.74. The van der Waals surface area contributed by atoms with Crippen LogP contribution in [0.15, 0.2) is 54.6 Å². The van der Waals surface area contributed by atoms with Crippen LogP contribution in [0.3, 0.4) is 0 Å². The number of carbonyl (C=O) groups is 4. The molecule has 4 rings (SSSR count). The normalized spacial score (nSPS) is 21.5. The summed E-state index contributed by atoms with van der Waals surface area (Å²) in [7, 11) is 1.31. The van der Waals surface area contributed by atoms with Gasteiger partial charge in [0.05, 0.1) is 25.8 Å². The number of hydrogen-bond acceptors (Lipinski definition) is 7. The molecule has 2 fully saturated rings. The van der Waals surface area contributed by atoms with Crippen LogP contribution < -0.4 is 10.1 Å². The minimum atomic E-state index is -0.633. The molecule has 1 N–H and O–H groups in total. The average Bonchev–Trinajstić information content (AvgIpc) is 3.48. The van der Waals surface area contributed by atoms with E-state index in [0.717, 1.165) is 12.0 Å². The van der Waals surface area contributed by atoms with Gasteiger partial charge < -0.3 is 24.4 Å². The summed E-state index contributed by atoms with van der Waals surface area (Å²) in [5.41, 5.74) is 1.20. The van der Waals surface area contributed by atoms with Crippen LogP contribution in [0, 0.1) is 5.41 Å². The summed E-state index contributed by atoms with van der Waals surface area (Å²) in [4.78, 5) is 51.3. The van der Waals surface area contributed by atoms with E-state index in [4.69, 9.17) is 14.2 Å². The summed E-state index contributed by atoms with van der Waals surface area (Å²) in [5.74, 6) is -0.917. The lowest BCUT2D eigenvalue weighted by molar-refractivity contribution is -0.155. The van der Waals surface area contributed by atoms with E-state index in [-0.39, 0.29) is 49.5 Å². The molecule has 2 aliphatic rings. The number of carbonyl (C=O) groups excluding carboxylic acids is 4. The first kappa shape index (κ1) is 26.2. The first-order valence-electron chi connectivity index (χ1n) is 12.4. The van der Waals surface area contributed by atoms with Crippen molar-refractivity contribution < 1.29 is 33.4 Å². The molecule has 196 valence electrons. The van der Waals surface area contributed by atoms with Crippen LogP contribution in [0.25, 0.3) is 0 Å². The Morgan fingerprint density at radius 2 is 1.84 bits per heavy atom. The lowest BCUT2D eigenvalue weighted by Crippen LogP contribution is -2.48. The van der Waals surface area contributed by atoms with E-state index in [2.05, 4.69) is 12.2 Å². The molecule has 9 nitrogen and oxygen atoms in total. The zero-order chi connectivity index (χ0) is 26.4. The lowest BCUT2D eigenvalue weighted by Gasteiger charge is -2.26. The van der Waals surface area contributed by atoms with Gasteiger partial charge in [0.2, 0.25) is 11.8 Å². The number of nitrogens with zero attached hydrogens (tertiary/aromatic N) is 1. The Labute approximate surface area is 216 Å². The predicted octanol–water partition coefficient (Wildman–Crippen LogP) is 2.87. The molecule has 9 heteroatoms. The van der Waals surface area contributed by atoms with Crippen LogP contribution >= 0.6 is 0 Å². The molecule has 1 saturated carbocycles. The number of ether oxygens (including phenoxy) is 3. The number of fused-ring (bicyclic) bond motifs is 1. The first-order valence-corrected chi connectivity index (χ1v) is 12.4. The van der Waals surface area contributed by atoms with E-state index >= 15 is 0 Å². The van der Waals surface area contributed by atoms with Crippen LogP contribution in [0.1, 0.15) is 48.5 Å². The average molecular weight is 509 g/mol. The quantitative estimate of drug-likeness (QED) is 0.367. The first-order chi connectivity index (χ1) is 17.8. The monoisotopic (exact) mass is 508 g/mol. The summed E-state index contributed by atoms with van der Waals surface area (Å²) in [5, 5.41) is 2.66. The standard InChI is InChI=1S/C28H32N2O7/c1-28-15-22(27(34)37-18-19-8-4-3-5-9-19)30(23(28)16-28)25(32)17-29-24(31)12-7-13-36-21-11-6-10-20(14-21)26(33)35-2/h3-6,8-11,14,22-23H,7,12-13,15-18H2,1-2H3,(H,29,31)/t22-,23-,28+/m0/s1. The highest BCUT2D eigenvalue weighted by Crippen LogP contribution is 2.59. The Kier molecular flexibility index (Phi) is 8.11.